The molecule has 0 saturated heterocycles. The first kappa shape index (κ1) is 14.0. The summed E-state index contributed by atoms with van der Waals surface area (Å²) in [6.45, 7) is 4.22. The van der Waals surface area contributed by atoms with E-state index in [-0.39, 0.29) is 12.4 Å². The van der Waals surface area contributed by atoms with Crippen LogP contribution in [0.3, 0.4) is 0 Å². The molecule has 0 radical (unpaired) electrons. The molecular weight excluding hydrogens is 314 g/mol. The van der Waals surface area contributed by atoms with E-state index < -0.39 is 11.6 Å². The summed E-state index contributed by atoms with van der Waals surface area (Å²) >= 11 is 3.11. The summed E-state index contributed by atoms with van der Waals surface area (Å²) in [7, 11) is 0. The number of rotatable bonds is 3. The minimum Gasteiger partial charge on any atom is -0.486 e. The molecule has 0 N–H and O–H groups in total. The maximum atomic E-state index is 13.5. The fourth-order valence-corrected chi connectivity index (χ4v) is 2.10. The summed E-state index contributed by atoms with van der Waals surface area (Å²) in [5.41, 5.74) is 3.24. The molecule has 100 valence electrons. The van der Waals surface area contributed by atoms with Gasteiger partial charge in [-0.3, -0.25) is 0 Å². The summed E-state index contributed by atoms with van der Waals surface area (Å²) in [4.78, 5) is 0. The lowest BCUT2D eigenvalue weighted by Crippen LogP contribution is -2.00. The molecule has 0 unspecified atom stereocenters. The number of hydrogen-bond acceptors (Lipinski definition) is 1. The standard InChI is InChI=1S/C15H13BrF2O/c1-9-3-4-11(5-10(9)2)8-19-14-7-12(16)6-13(17)15(14)18/h3-7H,8H2,1-2H3. The quantitative estimate of drug-likeness (QED) is 0.727. The molecule has 1 nitrogen and oxygen atoms in total. The van der Waals surface area contributed by atoms with Crippen LogP contribution in [-0.2, 0) is 6.61 Å². The average molecular weight is 327 g/mol. The molecule has 4 heteroatoms. The zero-order valence-electron chi connectivity index (χ0n) is 10.6. The Morgan fingerprint density at radius 3 is 2.47 bits per heavy atom. The Kier molecular flexibility index (Phi) is 4.20. The van der Waals surface area contributed by atoms with Gasteiger partial charge in [-0.05, 0) is 42.7 Å². The normalized spacial score (nSPS) is 10.6. The molecule has 0 aromatic heterocycles. The zero-order chi connectivity index (χ0) is 14.0. The van der Waals surface area contributed by atoms with Crippen LogP contribution in [0.1, 0.15) is 16.7 Å². The lowest BCUT2D eigenvalue weighted by atomic mass is 10.1. The molecular formula is C15H13BrF2O. The predicted octanol–water partition coefficient (Wildman–Crippen LogP) is 4.92. The lowest BCUT2D eigenvalue weighted by molar-refractivity contribution is 0.284. The van der Waals surface area contributed by atoms with Gasteiger partial charge in [-0.1, -0.05) is 34.1 Å². The summed E-state index contributed by atoms with van der Waals surface area (Å²) in [5, 5.41) is 0. The number of benzene rings is 2. The third-order valence-electron chi connectivity index (χ3n) is 2.93. The molecule has 0 aliphatic carbocycles. The van der Waals surface area contributed by atoms with Gasteiger partial charge in [0.05, 0.1) is 0 Å². The number of aryl methyl sites for hydroxylation is 2. The fourth-order valence-electron chi connectivity index (χ4n) is 1.69. The van der Waals surface area contributed by atoms with Crippen LogP contribution < -0.4 is 4.74 Å². The van der Waals surface area contributed by atoms with Crippen molar-refractivity contribution in [2.45, 2.75) is 20.5 Å². The third-order valence-corrected chi connectivity index (χ3v) is 3.38. The van der Waals surface area contributed by atoms with Crippen molar-refractivity contribution in [1.29, 1.82) is 0 Å². The van der Waals surface area contributed by atoms with Crippen LogP contribution in [0.5, 0.6) is 5.75 Å². The molecule has 2 aromatic carbocycles. The van der Waals surface area contributed by atoms with Crippen LogP contribution in [0.2, 0.25) is 0 Å². The minimum atomic E-state index is -0.966. The van der Waals surface area contributed by atoms with Crippen molar-refractivity contribution in [2.75, 3.05) is 0 Å². The second-order valence-electron chi connectivity index (χ2n) is 4.41. The highest BCUT2D eigenvalue weighted by atomic mass is 79.9. The Hall–Kier alpha value is -1.42. The Balaban J connectivity index is 2.16. The van der Waals surface area contributed by atoms with Crippen molar-refractivity contribution in [1.82, 2.24) is 0 Å². The molecule has 0 aliphatic rings. The second-order valence-corrected chi connectivity index (χ2v) is 5.32. The summed E-state index contributed by atoms with van der Waals surface area (Å²) in [5.74, 6) is -1.98. The summed E-state index contributed by atoms with van der Waals surface area (Å²) in [6.07, 6.45) is 0. The number of ether oxygens (including phenoxy) is 1. The monoisotopic (exact) mass is 326 g/mol. The van der Waals surface area contributed by atoms with Gasteiger partial charge in [-0.25, -0.2) is 4.39 Å². The zero-order valence-corrected chi connectivity index (χ0v) is 12.2. The van der Waals surface area contributed by atoms with E-state index in [2.05, 4.69) is 15.9 Å². The van der Waals surface area contributed by atoms with Gasteiger partial charge in [-0.15, -0.1) is 0 Å². The number of halogens is 3. The highest BCUT2D eigenvalue weighted by molar-refractivity contribution is 9.10. The molecule has 0 fully saturated rings. The van der Waals surface area contributed by atoms with Crippen LogP contribution in [0.15, 0.2) is 34.8 Å². The van der Waals surface area contributed by atoms with E-state index in [1.165, 1.54) is 11.6 Å². The predicted molar refractivity (Wildman–Crippen MR) is 74.3 cm³/mol. The number of hydrogen-bond donors (Lipinski definition) is 0. The van der Waals surface area contributed by atoms with Gasteiger partial charge in [0.1, 0.15) is 6.61 Å². The van der Waals surface area contributed by atoms with Gasteiger partial charge in [0.25, 0.3) is 0 Å². The van der Waals surface area contributed by atoms with E-state index in [9.17, 15) is 8.78 Å². The van der Waals surface area contributed by atoms with Crippen molar-refractivity contribution in [3.63, 3.8) is 0 Å². The maximum absolute atomic E-state index is 13.5. The molecule has 0 bridgehead atoms. The lowest BCUT2D eigenvalue weighted by Gasteiger charge is -2.10. The first-order chi connectivity index (χ1) is 8.97. The van der Waals surface area contributed by atoms with Gasteiger partial charge < -0.3 is 4.74 Å². The largest absolute Gasteiger partial charge is 0.486 e. The molecule has 0 saturated carbocycles. The van der Waals surface area contributed by atoms with Crippen LogP contribution in [-0.4, -0.2) is 0 Å². The first-order valence-electron chi connectivity index (χ1n) is 5.81. The molecule has 0 atom stereocenters. The van der Waals surface area contributed by atoms with Crippen molar-refractivity contribution < 1.29 is 13.5 Å². The molecule has 0 amide bonds. The Morgan fingerprint density at radius 1 is 1.05 bits per heavy atom. The van der Waals surface area contributed by atoms with E-state index in [1.807, 2.05) is 32.0 Å². The van der Waals surface area contributed by atoms with E-state index in [0.29, 0.717) is 4.47 Å². The Labute approximate surface area is 119 Å². The van der Waals surface area contributed by atoms with Gasteiger partial charge >= 0.3 is 0 Å². The van der Waals surface area contributed by atoms with Crippen molar-refractivity contribution >= 4 is 15.9 Å². The Morgan fingerprint density at radius 2 is 1.79 bits per heavy atom. The van der Waals surface area contributed by atoms with Gasteiger partial charge in [0, 0.05) is 4.47 Å². The van der Waals surface area contributed by atoms with E-state index >= 15 is 0 Å². The summed E-state index contributed by atoms with van der Waals surface area (Å²) < 4.78 is 32.5. The van der Waals surface area contributed by atoms with Crippen molar-refractivity contribution in [3.8, 4) is 5.75 Å². The molecule has 0 aliphatic heterocycles. The van der Waals surface area contributed by atoms with Gasteiger partial charge in [0.15, 0.2) is 11.6 Å². The Bertz CT molecular complexity index is 611. The first-order valence-corrected chi connectivity index (χ1v) is 6.60. The van der Waals surface area contributed by atoms with E-state index in [0.717, 1.165) is 17.2 Å². The van der Waals surface area contributed by atoms with Crippen molar-refractivity contribution in [3.05, 3.63) is 63.1 Å². The topological polar surface area (TPSA) is 9.23 Å². The summed E-state index contributed by atoms with van der Waals surface area (Å²) in [6, 6.07) is 8.35. The van der Waals surface area contributed by atoms with Crippen molar-refractivity contribution in [2.24, 2.45) is 0 Å². The third kappa shape index (κ3) is 3.32. The van der Waals surface area contributed by atoms with Crippen LogP contribution in [0, 0.1) is 25.5 Å². The average Bonchev–Trinajstić information content (AvgIpc) is 2.36. The molecule has 0 spiro atoms. The molecule has 0 heterocycles. The molecule has 19 heavy (non-hydrogen) atoms. The van der Waals surface area contributed by atoms with E-state index in [4.69, 9.17) is 4.74 Å². The molecule has 2 aromatic rings. The fraction of sp³-hybridized carbons (Fsp3) is 0.200. The highest BCUT2D eigenvalue weighted by Gasteiger charge is 2.11. The van der Waals surface area contributed by atoms with E-state index in [1.54, 1.807) is 0 Å². The van der Waals surface area contributed by atoms with Gasteiger partial charge in [0.2, 0.25) is 5.82 Å². The van der Waals surface area contributed by atoms with Crippen LogP contribution in [0.4, 0.5) is 8.78 Å². The minimum absolute atomic E-state index is 0.0925. The second kappa shape index (κ2) is 5.70. The SMILES string of the molecule is Cc1ccc(COc2cc(Br)cc(F)c2F)cc1C. The maximum Gasteiger partial charge on any atom is 0.200 e. The van der Waals surface area contributed by atoms with Crippen LogP contribution >= 0.6 is 15.9 Å². The smallest absolute Gasteiger partial charge is 0.200 e. The highest BCUT2D eigenvalue weighted by Crippen LogP contribution is 2.26. The van der Waals surface area contributed by atoms with Gasteiger partial charge in [-0.2, -0.15) is 4.39 Å². The molecule has 2 rings (SSSR count). The van der Waals surface area contributed by atoms with Crippen LogP contribution in [0.25, 0.3) is 0 Å².